The highest BCUT2D eigenvalue weighted by Gasteiger charge is 2.26. The first-order chi connectivity index (χ1) is 8.09. The molecule has 0 aliphatic carbocycles. The van der Waals surface area contributed by atoms with Gasteiger partial charge in [0.05, 0.1) is 13.2 Å². The van der Waals surface area contributed by atoms with Gasteiger partial charge in [-0.15, -0.1) is 0 Å². The normalized spacial score (nSPS) is 11.8. The van der Waals surface area contributed by atoms with Crippen LogP contribution >= 0.6 is 0 Å². The molecule has 0 saturated heterocycles. The quantitative estimate of drug-likeness (QED) is 0.766. The van der Waals surface area contributed by atoms with Gasteiger partial charge in [0.2, 0.25) is 0 Å². The Morgan fingerprint density at radius 2 is 1.94 bits per heavy atom. The van der Waals surface area contributed by atoms with Crippen molar-refractivity contribution in [2.24, 2.45) is 0 Å². The van der Waals surface area contributed by atoms with Crippen LogP contribution in [0.4, 0.5) is 8.78 Å². The minimum atomic E-state index is -3.07. The molecule has 3 nitrogen and oxygen atoms in total. The molecule has 17 heavy (non-hydrogen) atoms. The van der Waals surface area contributed by atoms with E-state index < -0.39 is 19.1 Å². The average Bonchev–Trinajstić information content (AvgIpc) is 2.31. The summed E-state index contributed by atoms with van der Waals surface area (Å²) >= 11 is 0. The second kappa shape index (κ2) is 6.64. The highest BCUT2D eigenvalue weighted by molar-refractivity contribution is 5.26. The maximum atomic E-state index is 12.8. The monoisotopic (exact) mass is 245 g/mol. The van der Waals surface area contributed by atoms with E-state index >= 15 is 0 Å². The third-order valence-corrected chi connectivity index (χ3v) is 2.35. The molecule has 0 aliphatic heterocycles. The zero-order valence-electron chi connectivity index (χ0n) is 9.75. The number of hydrogen-bond acceptors (Lipinski definition) is 3. The molecule has 0 atom stereocenters. The fourth-order valence-corrected chi connectivity index (χ4v) is 1.46. The van der Waals surface area contributed by atoms with Crippen molar-refractivity contribution in [2.75, 3.05) is 20.3 Å². The Bertz CT molecular complexity index is 345. The van der Waals surface area contributed by atoms with Crippen molar-refractivity contribution in [1.29, 1.82) is 0 Å². The number of aliphatic hydroxyl groups excluding tert-OH is 1. The molecule has 0 amide bonds. The van der Waals surface area contributed by atoms with E-state index in [2.05, 4.69) is 5.32 Å². The van der Waals surface area contributed by atoms with Crippen LogP contribution < -0.4 is 5.32 Å². The van der Waals surface area contributed by atoms with Crippen LogP contribution in [0.3, 0.4) is 0 Å². The van der Waals surface area contributed by atoms with Crippen LogP contribution in [0, 0.1) is 0 Å². The van der Waals surface area contributed by atoms with E-state index in [4.69, 9.17) is 9.84 Å². The van der Waals surface area contributed by atoms with Gasteiger partial charge in [0.15, 0.2) is 0 Å². The SMILES string of the molecule is COCc1ccccc1CNCC(F)(F)CO. The van der Waals surface area contributed by atoms with Gasteiger partial charge < -0.3 is 15.2 Å². The van der Waals surface area contributed by atoms with Crippen LogP contribution in [0.25, 0.3) is 0 Å². The first kappa shape index (κ1) is 14.0. The number of aliphatic hydroxyl groups is 1. The molecule has 0 aliphatic rings. The Morgan fingerprint density at radius 3 is 2.53 bits per heavy atom. The molecule has 0 heterocycles. The lowest BCUT2D eigenvalue weighted by molar-refractivity contribution is -0.0477. The lowest BCUT2D eigenvalue weighted by Gasteiger charge is -2.15. The number of nitrogens with one attached hydrogen (secondary N) is 1. The summed E-state index contributed by atoms with van der Waals surface area (Å²) in [6.45, 7) is -0.895. The van der Waals surface area contributed by atoms with Gasteiger partial charge in [0.1, 0.15) is 6.61 Å². The summed E-state index contributed by atoms with van der Waals surface area (Å²) in [7, 11) is 1.59. The molecule has 1 aromatic carbocycles. The zero-order valence-corrected chi connectivity index (χ0v) is 9.75. The number of alkyl halides is 2. The smallest absolute Gasteiger partial charge is 0.282 e. The summed E-state index contributed by atoms with van der Waals surface area (Å²) in [5.74, 6) is -3.07. The molecule has 0 fully saturated rings. The summed E-state index contributed by atoms with van der Waals surface area (Å²) in [6.07, 6.45) is 0. The summed E-state index contributed by atoms with van der Waals surface area (Å²) in [4.78, 5) is 0. The molecule has 0 radical (unpaired) electrons. The Balaban J connectivity index is 2.51. The summed E-state index contributed by atoms with van der Waals surface area (Å²) in [5, 5.41) is 11.0. The fourth-order valence-electron chi connectivity index (χ4n) is 1.46. The van der Waals surface area contributed by atoms with Crippen molar-refractivity contribution < 1.29 is 18.6 Å². The summed E-state index contributed by atoms with van der Waals surface area (Å²) < 4.78 is 30.6. The molecular weight excluding hydrogens is 228 g/mol. The van der Waals surface area contributed by atoms with Crippen LogP contribution in [0.5, 0.6) is 0 Å². The minimum absolute atomic E-state index is 0.328. The predicted molar refractivity (Wildman–Crippen MR) is 60.9 cm³/mol. The molecule has 2 N–H and O–H groups in total. The van der Waals surface area contributed by atoms with Crippen molar-refractivity contribution in [3.8, 4) is 0 Å². The zero-order chi connectivity index (χ0) is 12.7. The number of ether oxygens (including phenoxy) is 1. The van der Waals surface area contributed by atoms with E-state index in [1.807, 2.05) is 24.3 Å². The molecule has 0 bridgehead atoms. The molecule has 0 aromatic heterocycles. The van der Waals surface area contributed by atoms with Gasteiger partial charge >= 0.3 is 0 Å². The first-order valence-electron chi connectivity index (χ1n) is 5.34. The van der Waals surface area contributed by atoms with Crippen LogP contribution in [-0.2, 0) is 17.9 Å². The number of benzene rings is 1. The van der Waals surface area contributed by atoms with Gasteiger partial charge in [-0.05, 0) is 11.1 Å². The second-order valence-electron chi connectivity index (χ2n) is 3.82. The van der Waals surface area contributed by atoms with E-state index in [-0.39, 0.29) is 0 Å². The lowest BCUT2D eigenvalue weighted by atomic mass is 10.1. The molecule has 5 heteroatoms. The molecule has 0 spiro atoms. The molecular formula is C12H17F2NO2. The van der Waals surface area contributed by atoms with E-state index in [1.54, 1.807) is 7.11 Å². The second-order valence-corrected chi connectivity index (χ2v) is 3.82. The third kappa shape index (κ3) is 4.77. The minimum Gasteiger partial charge on any atom is -0.390 e. The first-order valence-corrected chi connectivity index (χ1v) is 5.34. The topological polar surface area (TPSA) is 41.5 Å². The van der Waals surface area contributed by atoms with Crippen LogP contribution in [0.2, 0.25) is 0 Å². The third-order valence-electron chi connectivity index (χ3n) is 2.35. The van der Waals surface area contributed by atoms with Crippen LogP contribution in [-0.4, -0.2) is 31.3 Å². The van der Waals surface area contributed by atoms with E-state index in [0.29, 0.717) is 13.2 Å². The Labute approximate surface area is 99.4 Å². The van der Waals surface area contributed by atoms with Gasteiger partial charge in [0, 0.05) is 13.7 Å². The number of halogens is 2. The maximum absolute atomic E-state index is 12.8. The average molecular weight is 245 g/mol. The Hall–Kier alpha value is -1.04. The van der Waals surface area contributed by atoms with Crippen molar-refractivity contribution in [1.82, 2.24) is 5.32 Å². The van der Waals surface area contributed by atoms with E-state index in [9.17, 15) is 8.78 Å². The Morgan fingerprint density at radius 1 is 1.29 bits per heavy atom. The van der Waals surface area contributed by atoms with Gasteiger partial charge in [-0.3, -0.25) is 0 Å². The predicted octanol–water partition coefficient (Wildman–Crippen LogP) is 1.55. The van der Waals surface area contributed by atoms with Crippen LogP contribution in [0.15, 0.2) is 24.3 Å². The van der Waals surface area contributed by atoms with Gasteiger partial charge in [0.25, 0.3) is 5.92 Å². The molecule has 0 unspecified atom stereocenters. The summed E-state index contributed by atoms with van der Waals surface area (Å²) in [6, 6.07) is 7.48. The summed E-state index contributed by atoms with van der Waals surface area (Å²) in [5.41, 5.74) is 1.89. The lowest BCUT2D eigenvalue weighted by Crippen LogP contribution is -2.35. The fraction of sp³-hybridized carbons (Fsp3) is 0.500. The highest BCUT2D eigenvalue weighted by atomic mass is 19.3. The van der Waals surface area contributed by atoms with Crippen molar-refractivity contribution in [2.45, 2.75) is 19.1 Å². The van der Waals surface area contributed by atoms with E-state index in [1.165, 1.54) is 0 Å². The number of rotatable bonds is 7. The van der Waals surface area contributed by atoms with Crippen LogP contribution in [0.1, 0.15) is 11.1 Å². The number of methoxy groups -OCH3 is 1. The van der Waals surface area contributed by atoms with Gasteiger partial charge in [-0.25, -0.2) is 8.78 Å². The standard InChI is InChI=1S/C12H17F2NO2/c1-17-7-11-5-3-2-4-10(11)6-15-8-12(13,14)9-16/h2-5,15-16H,6-9H2,1H3. The molecule has 0 saturated carbocycles. The van der Waals surface area contributed by atoms with Gasteiger partial charge in [-0.1, -0.05) is 24.3 Å². The molecule has 1 aromatic rings. The van der Waals surface area contributed by atoms with E-state index in [0.717, 1.165) is 11.1 Å². The molecule has 96 valence electrons. The Kier molecular flexibility index (Phi) is 5.47. The maximum Gasteiger partial charge on any atom is 0.282 e. The number of hydrogen-bond donors (Lipinski definition) is 2. The largest absolute Gasteiger partial charge is 0.390 e. The van der Waals surface area contributed by atoms with Gasteiger partial charge in [-0.2, -0.15) is 0 Å². The highest BCUT2D eigenvalue weighted by Crippen LogP contribution is 2.12. The van der Waals surface area contributed by atoms with Crippen molar-refractivity contribution in [3.63, 3.8) is 0 Å². The van der Waals surface area contributed by atoms with Crippen molar-refractivity contribution in [3.05, 3.63) is 35.4 Å². The molecule has 1 rings (SSSR count). The van der Waals surface area contributed by atoms with Crippen molar-refractivity contribution >= 4 is 0 Å².